The second-order valence-electron chi connectivity index (χ2n) is 9.45. The summed E-state index contributed by atoms with van der Waals surface area (Å²) in [7, 11) is 0. The van der Waals surface area contributed by atoms with Crippen molar-refractivity contribution >= 4 is 43.5 Å². The van der Waals surface area contributed by atoms with Gasteiger partial charge in [0.2, 0.25) is 0 Å². The predicted octanol–water partition coefficient (Wildman–Crippen LogP) is 10.9. The smallest absolute Gasteiger partial charge is 0.143 e. The molecule has 0 fully saturated rings. The molecule has 0 atom stereocenters. The van der Waals surface area contributed by atoms with Crippen LogP contribution < -0.4 is 0 Å². The third-order valence-corrected chi connectivity index (χ3v) is 7.32. The van der Waals surface area contributed by atoms with E-state index < -0.39 is 24.2 Å². The summed E-state index contributed by atoms with van der Waals surface area (Å²) in [4.78, 5) is 0. The van der Waals surface area contributed by atoms with Crippen LogP contribution in [0.3, 0.4) is 0 Å². The predicted molar refractivity (Wildman–Crippen MR) is 165 cm³/mol. The van der Waals surface area contributed by atoms with E-state index in [0.29, 0.717) is 38.8 Å². The molecule has 1 heterocycles. The Labute approximate surface area is 237 Å². The molecule has 7 aromatic carbocycles. The highest BCUT2D eigenvalue weighted by atomic mass is 16.3. The van der Waals surface area contributed by atoms with Crippen molar-refractivity contribution in [1.29, 1.82) is 0 Å². The maximum Gasteiger partial charge on any atom is 0.143 e. The summed E-state index contributed by atoms with van der Waals surface area (Å²) >= 11 is 0. The van der Waals surface area contributed by atoms with Crippen molar-refractivity contribution in [2.24, 2.45) is 0 Å². The molecule has 0 saturated carbocycles. The number of fused-ring (bicyclic) bond motifs is 5. The Kier molecular flexibility index (Phi) is 3.42. The summed E-state index contributed by atoms with van der Waals surface area (Å²) in [6.07, 6.45) is 0. The van der Waals surface area contributed by atoms with Gasteiger partial charge < -0.3 is 4.42 Å². The summed E-state index contributed by atoms with van der Waals surface area (Å²) in [6.45, 7) is 0. The van der Waals surface area contributed by atoms with Crippen LogP contribution in [0.1, 0.15) is 11.0 Å². The van der Waals surface area contributed by atoms with Gasteiger partial charge in [0.15, 0.2) is 0 Å². The molecule has 0 aliphatic rings. The molecule has 1 heteroatoms. The molecule has 182 valence electrons. The standard InChI is InChI=1S/C38H24O/c1-3-13-25(14-4-1)27-23-24-33(37-32-21-11-12-22-34(32)39-38(27)37)36-30-19-9-7-17-28(30)35(26-15-5-2-6-16-26)29-18-8-10-20-31(29)36/h1-24H/i7D,8D,9D,10D,17D,18D,19D,20D. The fourth-order valence-corrected chi connectivity index (χ4v) is 5.67. The van der Waals surface area contributed by atoms with E-state index in [1.165, 1.54) is 0 Å². The largest absolute Gasteiger partial charge is 0.455 e. The zero-order valence-electron chi connectivity index (χ0n) is 28.6. The monoisotopic (exact) mass is 504 g/mol. The Bertz CT molecular complexity index is 2510. The van der Waals surface area contributed by atoms with Crippen LogP contribution in [0.4, 0.5) is 0 Å². The highest BCUT2D eigenvalue weighted by molar-refractivity contribution is 6.26. The van der Waals surface area contributed by atoms with Gasteiger partial charge in [-0.15, -0.1) is 0 Å². The number of benzene rings is 7. The third kappa shape index (κ3) is 3.34. The second-order valence-corrected chi connectivity index (χ2v) is 9.45. The topological polar surface area (TPSA) is 13.1 Å². The first-order valence-electron chi connectivity index (χ1n) is 16.7. The molecule has 0 unspecified atom stereocenters. The van der Waals surface area contributed by atoms with Gasteiger partial charge in [0, 0.05) is 16.3 Å². The van der Waals surface area contributed by atoms with Crippen LogP contribution >= 0.6 is 0 Å². The number of rotatable bonds is 3. The molecule has 0 amide bonds. The van der Waals surface area contributed by atoms with Gasteiger partial charge in [-0.1, -0.05) is 133 Å². The lowest BCUT2D eigenvalue weighted by Gasteiger charge is -2.18. The van der Waals surface area contributed by atoms with Gasteiger partial charge in [-0.05, 0) is 61.5 Å². The molecule has 8 rings (SSSR count). The maximum absolute atomic E-state index is 9.27. The Balaban J connectivity index is 1.71. The Morgan fingerprint density at radius 3 is 1.59 bits per heavy atom. The van der Waals surface area contributed by atoms with Gasteiger partial charge in [-0.2, -0.15) is 0 Å². The van der Waals surface area contributed by atoms with Gasteiger partial charge in [-0.25, -0.2) is 0 Å². The molecule has 0 N–H and O–H groups in total. The fraction of sp³-hybridized carbons (Fsp3) is 0. The average Bonchev–Trinajstić information content (AvgIpc) is 3.50. The zero-order valence-corrected chi connectivity index (χ0v) is 20.6. The molecular weight excluding hydrogens is 472 g/mol. The van der Waals surface area contributed by atoms with E-state index in [1.807, 2.05) is 72.8 Å². The number of hydrogen-bond acceptors (Lipinski definition) is 1. The van der Waals surface area contributed by atoms with Crippen molar-refractivity contribution in [1.82, 2.24) is 0 Å². The molecule has 8 aromatic rings. The highest BCUT2D eigenvalue weighted by Gasteiger charge is 2.21. The molecule has 0 bridgehead atoms. The molecule has 0 spiro atoms. The second kappa shape index (κ2) is 8.72. The zero-order chi connectivity index (χ0) is 32.7. The number of furan rings is 1. The molecule has 0 saturated heterocycles. The molecule has 0 aliphatic carbocycles. The number of para-hydroxylation sites is 1. The summed E-state index contributed by atoms with van der Waals surface area (Å²) < 4.78 is 78.2. The Hall–Kier alpha value is -5.14. The van der Waals surface area contributed by atoms with Crippen LogP contribution in [0, 0.1) is 0 Å². The van der Waals surface area contributed by atoms with Gasteiger partial charge in [0.05, 0.1) is 11.0 Å². The van der Waals surface area contributed by atoms with E-state index in [-0.39, 0.29) is 45.7 Å². The van der Waals surface area contributed by atoms with Gasteiger partial charge in [0.25, 0.3) is 0 Å². The minimum atomic E-state index is -0.433. The molecule has 0 radical (unpaired) electrons. The summed E-state index contributed by atoms with van der Waals surface area (Å²) in [5.41, 5.74) is 4.64. The average molecular weight is 505 g/mol. The van der Waals surface area contributed by atoms with Crippen LogP contribution in [-0.4, -0.2) is 0 Å². The van der Waals surface area contributed by atoms with Crippen LogP contribution in [0.2, 0.25) is 0 Å². The van der Waals surface area contributed by atoms with Gasteiger partial charge in [0.1, 0.15) is 11.2 Å². The minimum absolute atomic E-state index is 0.173. The lowest BCUT2D eigenvalue weighted by Crippen LogP contribution is -1.91. The van der Waals surface area contributed by atoms with Crippen LogP contribution in [0.15, 0.2) is 150 Å². The lowest BCUT2D eigenvalue weighted by molar-refractivity contribution is 0.670. The van der Waals surface area contributed by atoms with Crippen LogP contribution in [0.25, 0.3) is 76.9 Å². The van der Waals surface area contributed by atoms with Gasteiger partial charge >= 0.3 is 0 Å². The van der Waals surface area contributed by atoms with Crippen molar-refractivity contribution in [2.75, 3.05) is 0 Å². The Morgan fingerprint density at radius 1 is 0.436 bits per heavy atom. The summed E-state index contributed by atoms with van der Waals surface area (Å²) in [5.74, 6) is 0. The molecule has 0 aliphatic heterocycles. The summed E-state index contributed by atoms with van der Waals surface area (Å²) in [5, 5.41) is 2.16. The molecule has 1 aromatic heterocycles. The van der Waals surface area contributed by atoms with E-state index >= 15 is 0 Å². The number of hydrogen-bond donors (Lipinski definition) is 0. The molecule has 1 nitrogen and oxygen atoms in total. The van der Waals surface area contributed by atoms with Crippen molar-refractivity contribution in [2.45, 2.75) is 0 Å². The van der Waals surface area contributed by atoms with E-state index in [9.17, 15) is 5.48 Å². The van der Waals surface area contributed by atoms with Crippen LogP contribution in [-0.2, 0) is 0 Å². The first kappa shape index (κ1) is 15.3. The molecular formula is C38H24O. The Morgan fingerprint density at radius 2 is 0.949 bits per heavy atom. The van der Waals surface area contributed by atoms with E-state index in [4.69, 9.17) is 9.90 Å². The van der Waals surface area contributed by atoms with Crippen molar-refractivity contribution in [3.63, 3.8) is 0 Å². The van der Waals surface area contributed by atoms with Crippen molar-refractivity contribution in [3.05, 3.63) is 145 Å². The fourth-order valence-electron chi connectivity index (χ4n) is 5.67. The van der Waals surface area contributed by atoms with E-state index in [1.54, 1.807) is 24.3 Å². The van der Waals surface area contributed by atoms with E-state index in [2.05, 4.69) is 0 Å². The van der Waals surface area contributed by atoms with E-state index in [0.717, 1.165) is 16.5 Å². The third-order valence-electron chi connectivity index (χ3n) is 7.32. The first-order chi connectivity index (χ1) is 22.7. The van der Waals surface area contributed by atoms with Gasteiger partial charge in [-0.3, -0.25) is 0 Å². The molecule has 39 heavy (non-hydrogen) atoms. The minimum Gasteiger partial charge on any atom is -0.455 e. The SMILES string of the molecule is [2H]c1c([2H])c([2H])c2c(-c3ccc(-c4ccccc4)c4oc5ccccc5c34)c3c([2H])c([2H])c([2H])c([2H])c3c(-c3ccccc3)c2c1[2H]. The van der Waals surface area contributed by atoms with Crippen molar-refractivity contribution in [3.8, 4) is 33.4 Å². The van der Waals surface area contributed by atoms with Crippen LogP contribution in [0.5, 0.6) is 0 Å². The maximum atomic E-state index is 9.27. The summed E-state index contributed by atoms with van der Waals surface area (Å²) in [6, 6.07) is 27.2. The van der Waals surface area contributed by atoms with Crippen molar-refractivity contribution < 1.29 is 15.4 Å². The first-order valence-corrected chi connectivity index (χ1v) is 12.7. The normalized spacial score (nSPS) is 14.5. The highest BCUT2D eigenvalue weighted by Crippen LogP contribution is 2.48. The lowest BCUT2D eigenvalue weighted by atomic mass is 9.84. The quantitative estimate of drug-likeness (QED) is 0.218.